The van der Waals surface area contributed by atoms with Crippen molar-refractivity contribution in [2.75, 3.05) is 6.54 Å². The number of rotatable bonds is 4. The van der Waals surface area contributed by atoms with Crippen molar-refractivity contribution >= 4 is 10.9 Å². The summed E-state index contributed by atoms with van der Waals surface area (Å²) >= 11 is 0. The van der Waals surface area contributed by atoms with Crippen molar-refractivity contribution in [3.05, 3.63) is 70.4 Å². The molecule has 3 aromatic rings. The van der Waals surface area contributed by atoms with Gasteiger partial charge in [0.2, 0.25) is 0 Å². The van der Waals surface area contributed by atoms with Crippen molar-refractivity contribution < 1.29 is 0 Å². The number of nitrogens with two attached hydrogens (primary N) is 1. The van der Waals surface area contributed by atoms with Gasteiger partial charge in [-0.15, -0.1) is 0 Å². The van der Waals surface area contributed by atoms with Crippen molar-refractivity contribution in [2.24, 2.45) is 12.8 Å². The number of para-hydroxylation sites is 1. The summed E-state index contributed by atoms with van der Waals surface area (Å²) in [4.78, 5) is 0. The number of fused-ring (bicyclic) bond motifs is 1. The predicted molar refractivity (Wildman–Crippen MR) is 99.1 cm³/mol. The summed E-state index contributed by atoms with van der Waals surface area (Å²) in [7, 11) is 2.15. The third kappa shape index (κ3) is 2.91. The molecule has 0 aliphatic heterocycles. The standard InChI is InChI=1S/C21H26N2/c1-14-9-15(2)11-17(10-14)18(13-22)12-20-16(3)23(4)21-8-6-5-7-19(20)21/h5-11,18H,12-13,22H2,1-4H3. The van der Waals surface area contributed by atoms with Gasteiger partial charge in [-0.25, -0.2) is 0 Å². The molecule has 0 spiro atoms. The Morgan fingerprint density at radius 3 is 2.30 bits per heavy atom. The monoisotopic (exact) mass is 306 g/mol. The Balaban J connectivity index is 2.04. The Hall–Kier alpha value is -2.06. The van der Waals surface area contributed by atoms with Crippen molar-refractivity contribution in [3.63, 3.8) is 0 Å². The van der Waals surface area contributed by atoms with E-state index in [1.165, 1.54) is 38.9 Å². The Morgan fingerprint density at radius 1 is 1.00 bits per heavy atom. The van der Waals surface area contributed by atoms with Crippen LogP contribution in [0.5, 0.6) is 0 Å². The fraction of sp³-hybridized carbons (Fsp3) is 0.333. The lowest BCUT2D eigenvalue weighted by Gasteiger charge is -2.17. The molecule has 23 heavy (non-hydrogen) atoms. The van der Waals surface area contributed by atoms with Crippen LogP contribution in [0.4, 0.5) is 0 Å². The van der Waals surface area contributed by atoms with Crippen molar-refractivity contribution in [3.8, 4) is 0 Å². The van der Waals surface area contributed by atoms with E-state index in [4.69, 9.17) is 5.73 Å². The summed E-state index contributed by atoms with van der Waals surface area (Å²) < 4.78 is 2.29. The van der Waals surface area contributed by atoms with Gasteiger partial charge in [0.05, 0.1) is 0 Å². The molecule has 1 aromatic heterocycles. The molecule has 2 nitrogen and oxygen atoms in total. The molecule has 0 radical (unpaired) electrons. The second-order valence-electron chi connectivity index (χ2n) is 6.70. The number of hydrogen-bond donors (Lipinski definition) is 1. The van der Waals surface area contributed by atoms with Crippen LogP contribution >= 0.6 is 0 Å². The van der Waals surface area contributed by atoms with Crippen LogP contribution in [0.15, 0.2) is 42.5 Å². The normalized spacial score (nSPS) is 12.7. The zero-order valence-electron chi connectivity index (χ0n) is 14.6. The van der Waals surface area contributed by atoms with E-state index in [1.54, 1.807) is 0 Å². The molecular formula is C21H26N2. The minimum atomic E-state index is 0.359. The van der Waals surface area contributed by atoms with Gasteiger partial charge in [-0.2, -0.15) is 0 Å². The fourth-order valence-corrected chi connectivity index (χ4v) is 3.69. The van der Waals surface area contributed by atoms with Crippen LogP contribution in [-0.2, 0) is 13.5 Å². The Kier molecular flexibility index (Phi) is 4.27. The molecule has 0 aliphatic carbocycles. The third-order valence-corrected chi connectivity index (χ3v) is 4.98. The van der Waals surface area contributed by atoms with Crippen LogP contribution in [0.3, 0.4) is 0 Å². The second kappa shape index (κ2) is 6.21. The molecule has 0 fully saturated rings. The topological polar surface area (TPSA) is 30.9 Å². The SMILES string of the molecule is Cc1cc(C)cc(C(CN)Cc2c(C)n(C)c3ccccc23)c1. The molecule has 120 valence electrons. The van der Waals surface area contributed by atoms with E-state index >= 15 is 0 Å². The molecule has 0 bridgehead atoms. The van der Waals surface area contributed by atoms with Crippen LogP contribution in [-0.4, -0.2) is 11.1 Å². The quantitative estimate of drug-likeness (QED) is 0.761. The highest BCUT2D eigenvalue weighted by Crippen LogP contribution is 2.30. The van der Waals surface area contributed by atoms with E-state index < -0.39 is 0 Å². The Labute approximate surface area is 138 Å². The van der Waals surface area contributed by atoms with E-state index in [0.717, 1.165) is 6.42 Å². The Morgan fingerprint density at radius 2 is 1.65 bits per heavy atom. The molecule has 0 amide bonds. The second-order valence-corrected chi connectivity index (χ2v) is 6.70. The summed E-state index contributed by atoms with van der Waals surface area (Å²) in [5.41, 5.74) is 14.2. The maximum absolute atomic E-state index is 6.15. The smallest absolute Gasteiger partial charge is 0.0482 e. The zero-order chi connectivity index (χ0) is 16.6. The van der Waals surface area contributed by atoms with Crippen molar-refractivity contribution in [2.45, 2.75) is 33.1 Å². The average molecular weight is 306 g/mol. The van der Waals surface area contributed by atoms with E-state index in [2.05, 4.69) is 74.9 Å². The lowest BCUT2D eigenvalue weighted by atomic mass is 9.89. The van der Waals surface area contributed by atoms with Crippen LogP contribution < -0.4 is 5.73 Å². The minimum Gasteiger partial charge on any atom is -0.348 e. The summed E-state index contributed by atoms with van der Waals surface area (Å²) in [6, 6.07) is 15.4. The number of hydrogen-bond acceptors (Lipinski definition) is 1. The lowest BCUT2D eigenvalue weighted by Crippen LogP contribution is -2.16. The summed E-state index contributed by atoms with van der Waals surface area (Å²) in [5, 5.41) is 1.36. The number of aryl methyl sites for hydroxylation is 3. The first kappa shape index (κ1) is 15.8. The van der Waals surface area contributed by atoms with Crippen molar-refractivity contribution in [1.82, 2.24) is 4.57 Å². The number of benzene rings is 2. The molecule has 2 heteroatoms. The molecule has 0 saturated carbocycles. The maximum atomic E-state index is 6.15. The molecule has 1 heterocycles. The first-order valence-corrected chi connectivity index (χ1v) is 8.32. The molecule has 1 atom stereocenters. The average Bonchev–Trinajstić information content (AvgIpc) is 2.76. The van der Waals surface area contributed by atoms with E-state index in [9.17, 15) is 0 Å². The third-order valence-electron chi connectivity index (χ3n) is 4.98. The van der Waals surface area contributed by atoms with Gasteiger partial charge in [-0.05, 0) is 50.9 Å². The predicted octanol–water partition coefficient (Wildman–Crippen LogP) is 4.39. The van der Waals surface area contributed by atoms with Gasteiger partial charge >= 0.3 is 0 Å². The van der Waals surface area contributed by atoms with Crippen LogP contribution in [0.2, 0.25) is 0 Å². The minimum absolute atomic E-state index is 0.359. The molecule has 2 N–H and O–H groups in total. The van der Waals surface area contributed by atoms with Gasteiger partial charge in [0.1, 0.15) is 0 Å². The molecule has 0 saturated heterocycles. The fourth-order valence-electron chi connectivity index (χ4n) is 3.69. The number of nitrogens with zero attached hydrogens (tertiary/aromatic N) is 1. The highest BCUT2D eigenvalue weighted by molar-refractivity contribution is 5.85. The highest BCUT2D eigenvalue weighted by atomic mass is 14.9. The van der Waals surface area contributed by atoms with E-state index in [1.807, 2.05) is 0 Å². The van der Waals surface area contributed by atoms with Crippen LogP contribution in [0.1, 0.15) is 33.9 Å². The van der Waals surface area contributed by atoms with Gasteiger partial charge < -0.3 is 10.3 Å². The molecular weight excluding hydrogens is 280 g/mol. The summed E-state index contributed by atoms with van der Waals surface area (Å²) in [5.74, 6) is 0.359. The van der Waals surface area contributed by atoms with Crippen LogP contribution in [0.25, 0.3) is 10.9 Å². The zero-order valence-corrected chi connectivity index (χ0v) is 14.6. The van der Waals surface area contributed by atoms with Gasteiger partial charge in [0.25, 0.3) is 0 Å². The van der Waals surface area contributed by atoms with Gasteiger partial charge in [0, 0.05) is 29.6 Å². The molecule has 2 aromatic carbocycles. The highest BCUT2D eigenvalue weighted by Gasteiger charge is 2.17. The van der Waals surface area contributed by atoms with E-state index in [-0.39, 0.29) is 0 Å². The number of aromatic nitrogens is 1. The molecule has 1 unspecified atom stereocenters. The first-order chi connectivity index (χ1) is 11.0. The maximum Gasteiger partial charge on any atom is 0.0482 e. The van der Waals surface area contributed by atoms with E-state index in [0.29, 0.717) is 12.5 Å². The largest absolute Gasteiger partial charge is 0.348 e. The van der Waals surface area contributed by atoms with Gasteiger partial charge in [-0.3, -0.25) is 0 Å². The van der Waals surface area contributed by atoms with Gasteiger partial charge in [0.15, 0.2) is 0 Å². The first-order valence-electron chi connectivity index (χ1n) is 8.32. The van der Waals surface area contributed by atoms with Crippen LogP contribution in [0, 0.1) is 20.8 Å². The Bertz CT molecular complexity index is 822. The molecule has 3 rings (SSSR count). The van der Waals surface area contributed by atoms with Gasteiger partial charge in [-0.1, -0.05) is 47.5 Å². The molecule has 0 aliphatic rings. The summed E-state index contributed by atoms with van der Waals surface area (Å²) in [6.07, 6.45) is 0.993. The lowest BCUT2D eigenvalue weighted by molar-refractivity contribution is 0.690. The van der Waals surface area contributed by atoms with Crippen molar-refractivity contribution in [1.29, 1.82) is 0 Å². The summed E-state index contributed by atoms with van der Waals surface area (Å²) in [6.45, 7) is 7.20.